The van der Waals surface area contributed by atoms with Gasteiger partial charge in [-0.3, -0.25) is 14.3 Å². The Morgan fingerprint density at radius 1 is 1.08 bits per heavy atom. The van der Waals surface area contributed by atoms with Gasteiger partial charge < -0.3 is 14.5 Å². The van der Waals surface area contributed by atoms with E-state index in [4.69, 9.17) is 4.74 Å². The molecule has 2 amide bonds. The molecule has 0 bridgehead atoms. The Balaban J connectivity index is 1.71. The molecule has 1 N–H and O–H groups in total. The molecule has 0 radical (unpaired) electrons. The lowest BCUT2D eigenvalue weighted by Gasteiger charge is -2.41. The van der Waals surface area contributed by atoms with E-state index in [9.17, 15) is 18.0 Å². The van der Waals surface area contributed by atoms with Crippen LogP contribution >= 0.6 is 0 Å². The third kappa shape index (κ3) is 5.42. The van der Waals surface area contributed by atoms with Gasteiger partial charge in [0.05, 0.1) is 29.8 Å². The average Bonchev–Trinajstić information content (AvgIpc) is 3.31. The van der Waals surface area contributed by atoms with Gasteiger partial charge in [-0.05, 0) is 68.0 Å². The summed E-state index contributed by atoms with van der Waals surface area (Å²) in [6.45, 7) is 8.17. The molecule has 8 nitrogen and oxygen atoms in total. The van der Waals surface area contributed by atoms with Crippen molar-refractivity contribution in [3.05, 3.63) is 42.5 Å². The summed E-state index contributed by atoms with van der Waals surface area (Å²) in [6.07, 6.45) is 2.32. The highest BCUT2D eigenvalue weighted by atomic mass is 32.2. The highest BCUT2D eigenvalue weighted by molar-refractivity contribution is 7.92. The van der Waals surface area contributed by atoms with E-state index in [1.165, 1.54) is 6.92 Å². The molecule has 4 rings (SSSR count). The standard InChI is InChI=1S/C27H35N3O5S/c1-5-8-20-13-26(35-17-20)27(32)29-16-18(3)30(19(4)31)24-12-11-22(15-25(24)29)21-9-7-10-23(14-21)28-36(33,34)6-2/h7,9-12,14-15,18,20,26,28H,5-6,8,13,16-17H2,1-4H3. The normalized spacial score (nSPS) is 21.8. The van der Waals surface area contributed by atoms with Crippen molar-refractivity contribution in [1.82, 2.24) is 0 Å². The third-order valence-electron chi connectivity index (χ3n) is 6.92. The van der Waals surface area contributed by atoms with Crippen molar-refractivity contribution >= 4 is 38.9 Å². The Morgan fingerprint density at radius 2 is 1.83 bits per heavy atom. The quantitative estimate of drug-likeness (QED) is 0.592. The van der Waals surface area contributed by atoms with Crippen molar-refractivity contribution in [1.29, 1.82) is 0 Å². The number of hydrogen-bond acceptors (Lipinski definition) is 5. The summed E-state index contributed by atoms with van der Waals surface area (Å²) in [5.41, 5.74) is 3.44. The molecule has 1 fully saturated rings. The number of hydrogen-bond donors (Lipinski definition) is 1. The Hall–Kier alpha value is -2.91. The van der Waals surface area contributed by atoms with Crippen LogP contribution in [0.15, 0.2) is 42.5 Å². The van der Waals surface area contributed by atoms with Gasteiger partial charge in [0.25, 0.3) is 5.91 Å². The molecule has 9 heteroatoms. The van der Waals surface area contributed by atoms with Crippen molar-refractivity contribution in [3.63, 3.8) is 0 Å². The molecule has 2 aromatic rings. The number of nitrogens with one attached hydrogen (secondary N) is 1. The molecular weight excluding hydrogens is 478 g/mol. The van der Waals surface area contributed by atoms with Gasteiger partial charge in [-0.15, -0.1) is 0 Å². The van der Waals surface area contributed by atoms with Crippen molar-refractivity contribution < 1.29 is 22.7 Å². The van der Waals surface area contributed by atoms with Crippen LogP contribution in [0.3, 0.4) is 0 Å². The maximum Gasteiger partial charge on any atom is 0.256 e. The van der Waals surface area contributed by atoms with Crippen molar-refractivity contribution in [2.45, 2.75) is 59.1 Å². The fourth-order valence-electron chi connectivity index (χ4n) is 5.15. The molecule has 1 saturated heterocycles. The minimum Gasteiger partial charge on any atom is -0.368 e. The van der Waals surface area contributed by atoms with Crippen molar-refractivity contribution in [2.75, 3.05) is 33.4 Å². The van der Waals surface area contributed by atoms with Crippen LogP contribution in [-0.2, 0) is 24.3 Å². The predicted molar refractivity (Wildman–Crippen MR) is 143 cm³/mol. The lowest BCUT2D eigenvalue weighted by molar-refractivity contribution is -0.127. The Morgan fingerprint density at radius 3 is 2.53 bits per heavy atom. The number of amides is 2. The number of ether oxygens (including phenoxy) is 1. The van der Waals surface area contributed by atoms with E-state index < -0.39 is 16.1 Å². The van der Waals surface area contributed by atoms with Gasteiger partial charge in [0.15, 0.2) is 0 Å². The summed E-state index contributed by atoms with van der Waals surface area (Å²) in [7, 11) is -3.41. The van der Waals surface area contributed by atoms with Crippen LogP contribution in [0.4, 0.5) is 17.1 Å². The van der Waals surface area contributed by atoms with Crippen LogP contribution in [0.25, 0.3) is 11.1 Å². The number of fused-ring (bicyclic) bond motifs is 1. The van der Waals surface area contributed by atoms with Gasteiger partial charge in [0.2, 0.25) is 15.9 Å². The fourth-order valence-corrected chi connectivity index (χ4v) is 5.78. The van der Waals surface area contributed by atoms with E-state index in [2.05, 4.69) is 11.6 Å². The zero-order chi connectivity index (χ0) is 26.0. The predicted octanol–water partition coefficient (Wildman–Crippen LogP) is 4.41. The average molecular weight is 514 g/mol. The van der Waals surface area contributed by atoms with E-state index in [-0.39, 0.29) is 23.6 Å². The van der Waals surface area contributed by atoms with Gasteiger partial charge in [-0.1, -0.05) is 31.5 Å². The van der Waals surface area contributed by atoms with Gasteiger partial charge in [-0.25, -0.2) is 8.42 Å². The second-order valence-corrected chi connectivity index (χ2v) is 11.7. The largest absolute Gasteiger partial charge is 0.368 e. The molecule has 3 atom stereocenters. The Bertz CT molecular complexity index is 1250. The van der Waals surface area contributed by atoms with Gasteiger partial charge in [0.1, 0.15) is 6.10 Å². The van der Waals surface area contributed by atoms with Gasteiger partial charge >= 0.3 is 0 Å². The summed E-state index contributed by atoms with van der Waals surface area (Å²) in [5, 5.41) is 0. The summed E-state index contributed by atoms with van der Waals surface area (Å²) < 4.78 is 32.6. The summed E-state index contributed by atoms with van der Waals surface area (Å²) >= 11 is 0. The SMILES string of the molecule is CCCC1COC(C(=O)N2CC(C)N(C(C)=O)c3ccc(-c4cccc(NS(=O)(=O)CC)c4)cc32)C1. The number of rotatable bonds is 7. The van der Waals surface area contributed by atoms with E-state index in [1.807, 2.05) is 31.2 Å². The van der Waals surface area contributed by atoms with Crippen LogP contribution in [-0.4, -0.2) is 51.3 Å². The first-order valence-electron chi connectivity index (χ1n) is 12.6. The smallest absolute Gasteiger partial charge is 0.256 e. The number of carbonyl (C=O) groups is 2. The second kappa shape index (κ2) is 10.6. The Labute approximate surface area is 213 Å². The number of sulfonamides is 1. The highest BCUT2D eigenvalue weighted by Crippen LogP contribution is 2.40. The first-order valence-corrected chi connectivity index (χ1v) is 14.3. The first-order chi connectivity index (χ1) is 17.1. The molecule has 3 unspecified atom stereocenters. The lowest BCUT2D eigenvalue weighted by Crippen LogP contribution is -2.53. The molecular formula is C27H35N3O5S. The van der Waals surface area contributed by atoms with E-state index in [1.54, 1.807) is 34.9 Å². The fraction of sp³-hybridized carbons (Fsp3) is 0.481. The summed E-state index contributed by atoms with van der Waals surface area (Å²) in [5.74, 6) is 0.209. The maximum absolute atomic E-state index is 13.6. The van der Waals surface area contributed by atoms with Crippen LogP contribution in [0, 0.1) is 5.92 Å². The van der Waals surface area contributed by atoms with Crippen molar-refractivity contribution in [2.24, 2.45) is 5.92 Å². The summed E-state index contributed by atoms with van der Waals surface area (Å²) in [6, 6.07) is 12.6. The number of nitrogens with zero attached hydrogens (tertiary/aromatic N) is 2. The molecule has 2 aromatic carbocycles. The monoisotopic (exact) mass is 513 g/mol. The molecule has 0 aliphatic carbocycles. The minimum absolute atomic E-state index is 0.0193. The highest BCUT2D eigenvalue weighted by Gasteiger charge is 2.39. The second-order valence-electron chi connectivity index (χ2n) is 9.69. The zero-order valence-corrected chi connectivity index (χ0v) is 22.2. The molecule has 2 heterocycles. The number of carbonyl (C=O) groups excluding carboxylic acids is 2. The maximum atomic E-state index is 13.6. The van der Waals surface area contributed by atoms with Crippen LogP contribution < -0.4 is 14.5 Å². The summed E-state index contributed by atoms with van der Waals surface area (Å²) in [4.78, 5) is 29.6. The molecule has 0 saturated carbocycles. The first kappa shape index (κ1) is 26.2. The molecule has 0 aromatic heterocycles. The number of benzene rings is 2. The van der Waals surface area contributed by atoms with Gasteiger partial charge in [0, 0.05) is 19.2 Å². The topological polar surface area (TPSA) is 96.0 Å². The molecule has 2 aliphatic heterocycles. The van der Waals surface area contributed by atoms with Crippen LogP contribution in [0.5, 0.6) is 0 Å². The van der Waals surface area contributed by atoms with Crippen molar-refractivity contribution in [3.8, 4) is 11.1 Å². The van der Waals surface area contributed by atoms with Gasteiger partial charge in [-0.2, -0.15) is 0 Å². The molecule has 36 heavy (non-hydrogen) atoms. The molecule has 194 valence electrons. The number of anilines is 3. The van der Waals surface area contributed by atoms with E-state index in [0.717, 1.165) is 24.0 Å². The molecule has 0 spiro atoms. The van der Waals surface area contributed by atoms with Crippen LogP contribution in [0.1, 0.15) is 47.0 Å². The van der Waals surface area contributed by atoms with E-state index in [0.29, 0.717) is 42.6 Å². The minimum atomic E-state index is -3.41. The lowest BCUT2D eigenvalue weighted by atomic mass is 9.98. The third-order valence-corrected chi connectivity index (χ3v) is 8.23. The zero-order valence-electron chi connectivity index (χ0n) is 21.4. The molecule has 2 aliphatic rings. The van der Waals surface area contributed by atoms with Crippen LogP contribution in [0.2, 0.25) is 0 Å². The van der Waals surface area contributed by atoms with E-state index >= 15 is 0 Å². The Kier molecular flexibility index (Phi) is 7.70.